The van der Waals surface area contributed by atoms with Gasteiger partial charge in [0.2, 0.25) is 11.8 Å². The second kappa shape index (κ2) is 9.43. The molecule has 1 amide bonds. The standard InChI is InChI=1S/C18H19Cl3N4O2/c1-25(2)6-4-3-5-11(17(23)26)16-14(9-22)24-18(27-16)12-7-10(19)8-13(20)15(12)21/h7-8,11H,3-6H2,1-2H3,(H2,23,26). The maximum atomic E-state index is 12.0. The third-order valence-electron chi connectivity index (χ3n) is 3.99. The lowest BCUT2D eigenvalue weighted by Gasteiger charge is -2.12. The molecule has 1 aromatic carbocycles. The average Bonchev–Trinajstić information content (AvgIpc) is 3.01. The molecule has 6 nitrogen and oxygen atoms in total. The highest BCUT2D eigenvalue weighted by Crippen LogP contribution is 2.38. The summed E-state index contributed by atoms with van der Waals surface area (Å²) in [5, 5.41) is 10.2. The van der Waals surface area contributed by atoms with Crippen molar-refractivity contribution in [3.8, 4) is 17.5 Å². The van der Waals surface area contributed by atoms with E-state index in [0.29, 0.717) is 17.0 Å². The number of carbonyl (C=O) groups excluding carboxylic acids is 1. The molecule has 1 unspecified atom stereocenters. The Morgan fingerprint density at radius 2 is 2.04 bits per heavy atom. The van der Waals surface area contributed by atoms with Crippen molar-refractivity contribution >= 4 is 40.7 Å². The van der Waals surface area contributed by atoms with Crippen LogP contribution in [-0.4, -0.2) is 36.4 Å². The average molecular weight is 430 g/mol. The highest BCUT2D eigenvalue weighted by atomic mass is 35.5. The fourth-order valence-electron chi connectivity index (χ4n) is 2.65. The van der Waals surface area contributed by atoms with E-state index in [2.05, 4.69) is 9.88 Å². The summed E-state index contributed by atoms with van der Waals surface area (Å²) in [6, 6.07) is 4.97. The van der Waals surface area contributed by atoms with Crippen LogP contribution in [0.5, 0.6) is 0 Å². The monoisotopic (exact) mass is 428 g/mol. The van der Waals surface area contributed by atoms with Crippen LogP contribution in [0, 0.1) is 11.3 Å². The number of aromatic nitrogens is 1. The zero-order valence-electron chi connectivity index (χ0n) is 14.9. The first-order valence-electron chi connectivity index (χ1n) is 8.24. The molecule has 1 aromatic heterocycles. The minimum atomic E-state index is -0.753. The number of nitriles is 1. The highest BCUT2D eigenvalue weighted by Gasteiger charge is 2.28. The van der Waals surface area contributed by atoms with Crippen molar-refractivity contribution < 1.29 is 9.21 Å². The largest absolute Gasteiger partial charge is 0.439 e. The van der Waals surface area contributed by atoms with Crippen molar-refractivity contribution in [1.82, 2.24) is 9.88 Å². The number of oxazole rings is 1. The lowest BCUT2D eigenvalue weighted by molar-refractivity contribution is -0.120. The summed E-state index contributed by atoms with van der Waals surface area (Å²) >= 11 is 18.3. The first kappa shape index (κ1) is 21.5. The molecule has 0 fully saturated rings. The second-order valence-corrected chi connectivity index (χ2v) is 7.57. The van der Waals surface area contributed by atoms with Gasteiger partial charge in [0.05, 0.1) is 21.5 Å². The van der Waals surface area contributed by atoms with E-state index in [-0.39, 0.29) is 27.4 Å². The van der Waals surface area contributed by atoms with Crippen molar-refractivity contribution in [2.45, 2.75) is 25.2 Å². The van der Waals surface area contributed by atoms with Crippen LogP contribution in [0.25, 0.3) is 11.5 Å². The number of nitrogens with zero attached hydrogens (tertiary/aromatic N) is 3. The van der Waals surface area contributed by atoms with Crippen LogP contribution in [-0.2, 0) is 4.79 Å². The number of nitrogens with two attached hydrogens (primary N) is 1. The zero-order chi connectivity index (χ0) is 20.1. The Morgan fingerprint density at radius 3 is 2.63 bits per heavy atom. The van der Waals surface area contributed by atoms with Gasteiger partial charge in [-0.3, -0.25) is 4.79 Å². The van der Waals surface area contributed by atoms with Crippen LogP contribution < -0.4 is 5.73 Å². The van der Waals surface area contributed by atoms with Crippen molar-refractivity contribution in [3.63, 3.8) is 0 Å². The number of carbonyl (C=O) groups is 1. The number of rotatable bonds is 8. The van der Waals surface area contributed by atoms with Crippen LogP contribution in [0.4, 0.5) is 0 Å². The molecular formula is C18H19Cl3N4O2. The van der Waals surface area contributed by atoms with Crippen molar-refractivity contribution in [2.75, 3.05) is 20.6 Å². The molecule has 144 valence electrons. The van der Waals surface area contributed by atoms with Gasteiger partial charge in [-0.05, 0) is 45.6 Å². The van der Waals surface area contributed by atoms with Gasteiger partial charge in [-0.15, -0.1) is 0 Å². The molecule has 0 aliphatic rings. The quantitative estimate of drug-likeness (QED) is 0.493. The fraction of sp³-hybridized carbons (Fsp3) is 0.389. The van der Waals surface area contributed by atoms with Crippen LogP contribution in [0.3, 0.4) is 0 Å². The van der Waals surface area contributed by atoms with E-state index in [1.165, 1.54) is 12.1 Å². The summed E-state index contributed by atoms with van der Waals surface area (Å²) in [4.78, 5) is 18.2. The molecule has 0 saturated heterocycles. The van der Waals surface area contributed by atoms with E-state index in [9.17, 15) is 10.1 Å². The molecule has 0 aliphatic heterocycles. The predicted octanol–water partition coefficient (Wildman–Crippen LogP) is 4.47. The van der Waals surface area contributed by atoms with Gasteiger partial charge in [0, 0.05) is 5.02 Å². The van der Waals surface area contributed by atoms with E-state index in [0.717, 1.165) is 19.4 Å². The van der Waals surface area contributed by atoms with E-state index in [4.69, 9.17) is 45.0 Å². The van der Waals surface area contributed by atoms with Gasteiger partial charge in [0.1, 0.15) is 6.07 Å². The number of primary amides is 1. The van der Waals surface area contributed by atoms with Gasteiger partial charge < -0.3 is 15.1 Å². The summed E-state index contributed by atoms with van der Waals surface area (Å²) in [7, 11) is 3.95. The van der Waals surface area contributed by atoms with Crippen LogP contribution in [0.2, 0.25) is 15.1 Å². The van der Waals surface area contributed by atoms with Gasteiger partial charge >= 0.3 is 0 Å². The summed E-state index contributed by atoms with van der Waals surface area (Å²) in [6.07, 6.45) is 2.09. The van der Waals surface area contributed by atoms with E-state index in [1.54, 1.807) is 0 Å². The van der Waals surface area contributed by atoms with Crippen molar-refractivity contribution in [1.29, 1.82) is 5.26 Å². The summed E-state index contributed by atoms with van der Waals surface area (Å²) in [5.74, 6) is -1.13. The van der Waals surface area contributed by atoms with Crippen LogP contribution in [0.15, 0.2) is 16.5 Å². The van der Waals surface area contributed by atoms with Gasteiger partial charge in [0.25, 0.3) is 0 Å². The maximum Gasteiger partial charge on any atom is 0.229 e. The summed E-state index contributed by atoms with van der Waals surface area (Å²) < 4.78 is 5.74. The number of hydrogen-bond donors (Lipinski definition) is 1. The zero-order valence-corrected chi connectivity index (χ0v) is 17.2. The van der Waals surface area contributed by atoms with Gasteiger partial charge in [-0.1, -0.05) is 41.2 Å². The third kappa shape index (κ3) is 5.36. The van der Waals surface area contributed by atoms with E-state index >= 15 is 0 Å². The smallest absolute Gasteiger partial charge is 0.229 e. The molecule has 2 rings (SSSR count). The molecule has 9 heteroatoms. The maximum absolute atomic E-state index is 12.0. The molecular weight excluding hydrogens is 411 g/mol. The molecule has 2 aromatic rings. The van der Waals surface area contributed by atoms with Crippen molar-refractivity contribution in [2.24, 2.45) is 5.73 Å². The lowest BCUT2D eigenvalue weighted by Crippen LogP contribution is -2.22. The fourth-order valence-corrected chi connectivity index (χ4v) is 3.34. The number of unbranched alkanes of at least 4 members (excludes halogenated alkanes) is 1. The number of halogens is 3. The molecule has 0 aliphatic carbocycles. The van der Waals surface area contributed by atoms with Gasteiger partial charge in [0.15, 0.2) is 11.5 Å². The summed E-state index contributed by atoms with van der Waals surface area (Å²) in [6.45, 7) is 0.884. The Bertz CT molecular complexity index is 874. The second-order valence-electron chi connectivity index (χ2n) is 6.35. The Hall–Kier alpha value is -1.78. The Kier molecular flexibility index (Phi) is 7.51. The van der Waals surface area contributed by atoms with Gasteiger partial charge in [-0.2, -0.15) is 10.2 Å². The SMILES string of the molecule is CN(C)CCCCC(C(N)=O)c1oc(-c2cc(Cl)cc(Cl)c2Cl)nc1C#N. The summed E-state index contributed by atoms with van der Waals surface area (Å²) in [5.41, 5.74) is 5.88. The Morgan fingerprint density at radius 1 is 1.33 bits per heavy atom. The molecule has 0 saturated carbocycles. The minimum absolute atomic E-state index is 0.00595. The minimum Gasteiger partial charge on any atom is -0.439 e. The molecule has 0 bridgehead atoms. The molecule has 27 heavy (non-hydrogen) atoms. The number of amides is 1. The normalized spacial score (nSPS) is 12.2. The molecule has 1 heterocycles. The predicted molar refractivity (Wildman–Crippen MR) is 106 cm³/mol. The first-order chi connectivity index (χ1) is 12.7. The third-order valence-corrected chi connectivity index (χ3v) is 5.01. The molecule has 2 N–H and O–H groups in total. The van der Waals surface area contributed by atoms with Gasteiger partial charge in [-0.25, -0.2) is 0 Å². The Labute approximate surface area is 172 Å². The van der Waals surface area contributed by atoms with Crippen LogP contribution in [0.1, 0.15) is 36.6 Å². The number of hydrogen-bond acceptors (Lipinski definition) is 5. The molecule has 1 atom stereocenters. The lowest BCUT2D eigenvalue weighted by atomic mass is 9.97. The van der Waals surface area contributed by atoms with Crippen molar-refractivity contribution in [3.05, 3.63) is 38.7 Å². The highest BCUT2D eigenvalue weighted by molar-refractivity contribution is 6.44. The Balaban J connectivity index is 2.36. The topological polar surface area (TPSA) is 96.2 Å². The number of benzene rings is 1. The first-order valence-corrected chi connectivity index (χ1v) is 9.37. The van der Waals surface area contributed by atoms with Crippen LogP contribution >= 0.6 is 34.8 Å². The molecule has 0 spiro atoms. The van der Waals surface area contributed by atoms with E-state index < -0.39 is 11.8 Å². The van der Waals surface area contributed by atoms with E-state index in [1.807, 2.05) is 20.2 Å². The molecule has 0 radical (unpaired) electrons.